The predicted molar refractivity (Wildman–Crippen MR) is 104 cm³/mol. The van der Waals surface area contributed by atoms with Crippen LogP contribution < -0.4 is 14.9 Å². The average Bonchev–Trinajstić information content (AvgIpc) is 3.12. The summed E-state index contributed by atoms with van der Waals surface area (Å²) in [4.78, 5) is 22.5. The van der Waals surface area contributed by atoms with Gasteiger partial charge < -0.3 is 19.0 Å². The lowest BCUT2D eigenvalue weighted by molar-refractivity contribution is -0.386. The summed E-state index contributed by atoms with van der Waals surface area (Å²) in [5.74, 6) is -0.578. The molecule has 1 aromatic heterocycles. The summed E-state index contributed by atoms with van der Waals surface area (Å²) < 4.78 is 15.8. The summed E-state index contributed by atoms with van der Waals surface area (Å²) in [6.07, 6.45) is 1.18. The van der Waals surface area contributed by atoms with Crippen LogP contribution in [0.4, 0.5) is 5.69 Å². The van der Waals surface area contributed by atoms with E-state index in [0.717, 1.165) is 6.07 Å². The third kappa shape index (κ3) is 4.26. The highest BCUT2D eigenvalue weighted by molar-refractivity contribution is 5.97. The van der Waals surface area contributed by atoms with Crippen molar-refractivity contribution in [3.63, 3.8) is 0 Å². The lowest BCUT2D eigenvalue weighted by atomic mass is 10.2. The highest BCUT2D eigenvalue weighted by atomic mass is 16.6. The molecule has 0 fully saturated rings. The highest BCUT2D eigenvalue weighted by Crippen LogP contribution is 2.36. The van der Waals surface area contributed by atoms with Gasteiger partial charge in [0.25, 0.3) is 0 Å². The van der Waals surface area contributed by atoms with Gasteiger partial charge in [0.15, 0.2) is 11.5 Å². The van der Waals surface area contributed by atoms with Crippen LogP contribution >= 0.6 is 0 Å². The second kappa shape index (κ2) is 8.30. The molecule has 29 heavy (non-hydrogen) atoms. The molecule has 0 atom stereocenters. The Bertz CT molecular complexity index is 1100. The van der Waals surface area contributed by atoms with Crippen molar-refractivity contribution in [2.24, 2.45) is 5.10 Å². The van der Waals surface area contributed by atoms with Crippen LogP contribution in [-0.4, -0.2) is 35.9 Å². The van der Waals surface area contributed by atoms with Gasteiger partial charge in [-0.15, -0.1) is 0 Å². The Hall–Kier alpha value is -4.08. The first-order chi connectivity index (χ1) is 13.9. The van der Waals surface area contributed by atoms with E-state index in [-0.39, 0.29) is 17.1 Å². The van der Waals surface area contributed by atoms with Gasteiger partial charge in [0, 0.05) is 17.0 Å². The smallest absolute Gasteiger partial charge is 0.315 e. The normalized spacial score (nSPS) is 11.0. The number of phenols is 1. The Morgan fingerprint density at radius 2 is 2.14 bits per heavy atom. The van der Waals surface area contributed by atoms with Gasteiger partial charge in [-0.05, 0) is 37.3 Å². The molecule has 0 aliphatic heterocycles. The topological polar surface area (TPSA) is 136 Å². The number of nitrogens with one attached hydrogen (secondary N) is 1. The number of hydrogen-bond acceptors (Lipinski definition) is 8. The summed E-state index contributed by atoms with van der Waals surface area (Å²) in [6, 6.07) is 9.18. The number of methoxy groups -OCH3 is 1. The number of carbonyl (C=O) groups excluding carboxylic acids is 1. The maximum absolute atomic E-state index is 12.2. The molecule has 3 rings (SSSR count). The number of ether oxygens (including phenoxy) is 2. The summed E-state index contributed by atoms with van der Waals surface area (Å²) in [6.45, 7) is 2.39. The van der Waals surface area contributed by atoms with Crippen LogP contribution in [0.25, 0.3) is 11.0 Å². The minimum absolute atomic E-state index is 0.0417. The molecule has 0 saturated carbocycles. The first kappa shape index (κ1) is 19.7. The molecule has 150 valence electrons. The van der Waals surface area contributed by atoms with Crippen molar-refractivity contribution in [2.75, 3.05) is 13.7 Å². The third-order valence-corrected chi connectivity index (χ3v) is 3.90. The number of amides is 1. The molecule has 0 spiro atoms. The fraction of sp³-hybridized carbons (Fsp3) is 0.158. The maximum Gasteiger partial charge on any atom is 0.315 e. The number of fused-ring (bicyclic) bond motifs is 1. The molecule has 1 heterocycles. The zero-order valence-corrected chi connectivity index (χ0v) is 15.5. The van der Waals surface area contributed by atoms with Crippen molar-refractivity contribution in [1.29, 1.82) is 0 Å². The minimum Gasteiger partial charge on any atom is -0.500 e. The van der Waals surface area contributed by atoms with E-state index in [1.165, 1.54) is 19.4 Å². The summed E-state index contributed by atoms with van der Waals surface area (Å²) in [5.41, 5.74) is 2.50. The van der Waals surface area contributed by atoms with Crippen molar-refractivity contribution in [3.8, 4) is 17.2 Å². The van der Waals surface area contributed by atoms with E-state index in [9.17, 15) is 20.0 Å². The summed E-state index contributed by atoms with van der Waals surface area (Å²) in [7, 11) is 1.26. The molecule has 10 nitrogen and oxygen atoms in total. The second-order valence-corrected chi connectivity index (χ2v) is 5.79. The van der Waals surface area contributed by atoms with Gasteiger partial charge in [0.1, 0.15) is 11.3 Å². The fourth-order valence-electron chi connectivity index (χ4n) is 2.59. The number of hydrogen-bond donors (Lipinski definition) is 2. The van der Waals surface area contributed by atoms with Gasteiger partial charge in [0.05, 0.1) is 24.9 Å². The first-order valence-electron chi connectivity index (χ1n) is 8.48. The number of nitro groups is 1. The van der Waals surface area contributed by atoms with Gasteiger partial charge in [-0.3, -0.25) is 14.9 Å². The number of furan rings is 1. The van der Waals surface area contributed by atoms with Crippen LogP contribution in [0.3, 0.4) is 0 Å². The summed E-state index contributed by atoms with van der Waals surface area (Å²) in [5, 5.41) is 25.2. The number of benzene rings is 2. The van der Waals surface area contributed by atoms with Crippen LogP contribution in [0.5, 0.6) is 17.2 Å². The van der Waals surface area contributed by atoms with Gasteiger partial charge in [-0.2, -0.15) is 5.10 Å². The van der Waals surface area contributed by atoms with E-state index >= 15 is 0 Å². The Balaban J connectivity index is 1.76. The van der Waals surface area contributed by atoms with E-state index in [1.807, 2.05) is 6.92 Å². The Labute approximate surface area is 164 Å². The Kier molecular flexibility index (Phi) is 5.63. The number of nitro benzene ring substituents is 1. The molecule has 0 aliphatic carbocycles. The number of nitrogens with zero attached hydrogens (tertiary/aromatic N) is 2. The lowest BCUT2D eigenvalue weighted by Crippen LogP contribution is -2.16. The van der Waals surface area contributed by atoms with Crippen molar-refractivity contribution in [2.45, 2.75) is 6.92 Å². The predicted octanol–water partition coefficient (Wildman–Crippen LogP) is 3.22. The number of phenolic OH excluding ortho intramolecular Hbond substituents is 1. The van der Waals surface area contributed by atoms with E-state index in [1.54, 1.807) is 24.3 Å². The number of rotatable bonds is 7. The Morgan fingerprint density at radius 1 is 1.34 bits per heavy atom. The third-order valence-electron chi connectivity index (χ3n) is 3.90. The zero-order valence-electron chi connectivity index (χ0n) is 15.5. The van der Waals surface area contributed by atoms with Crippen molar-refractivity contribution in [1.82, 2.24) is 5.43 Å². The molecule has 0 bridgehead atoms. The SMILES string of the molecule is CCOc1ccc2oc(C(=O)N/N=C/c3cc(OC)c(O)c([N+](=O)[O-])c3)cc2c1. The summed E-state index contributed by atoms with van der Waals surface area (Å²) >= 11 is 0. The largest absolute Gasteiger partial charge is 0.500 e. The molecular weight excluding hydrogens is 382 g/mol. The van der Waals surface area contributed by atoms with E-state index in [2.05, 4.69) is 10.5 Å². The molecule has 0 radical (unpaired) electrons. The number of hydrazone groups is 1. The molecule has 0 aliphatic rings. The molecule has 2 aromatic carbocycles. The standard InChI is InChI=1S/C19H17N3O7/c1-3-28-13-4-5-15-12(8-13)9-17(29-15)19(24)21-20-10-11-6-14(22(25)26)18(23)16(7-11)27-2/h4-10,23H,3H2,1-2H3,(H,21,24)/b20-10+. The van der Waals surface area contributed by atoms with Crippen LogP contribution in [0, 0.1) is 10.1 Å². The molecule has 10 heteroatoms. The monoisotopic (exact) mass is 399 g/mol. The van der Waals surface area contributed by atoms with E-state index in [4.69, 9.17) is 13.9 Å². The van der Waals surface area contributed by atoms with Gasteiger partial charge in [-0.1, -0.05) is 0 Å². The molecule has 0 saturated heterocycles. The van der Waals surface area contributed by atoms with Gasteiger partial charge >= 0.3 is 11.6 Å². The molecule has 3 aromatic rings. The molecular formula is C19H17N3O7. The van der Waals surface area contributed by atoms with Gasteiger partial charge in [0.2, 0.25) is 5.75 Å². The average molecular weight is 399 g/mol. The minimum atomic E-state index is -0.751. The second-order valence-electron chi connectivity index (χ2n) is 5.79. The van der Waals surface area contributed by atoms with Crippen LogP contribution in [0.15, 0.2) is 45.9 Å². The maximum atomic E-state index is 12.2. The molecule has 0 unspecified atom stereocenters. The van der Waals surface area contributed by atoms with Crippen molar-refractivity contribution >= 4 is 28.8 Å². The fourth-order valence-corrected chi connectivity index (χ4v) is 2.59. The van der Waals surface area contributed by atoms with E-state index in [0.29, 0.717) is 23.3 Å². The molecule has 2 N–H and O–H groups in total. The quantitative estimate of drug-likeness (QED) is 0.353. The van der Waals surface area contributed by atoms with Crippen LogP contribution in [-0.2, 0) is 0 Å². The Morgan fingerprint density at radius 3 is 2.83 bits per heavy atom. The highest BCUT2D eigenvalue weighted by Gasteiger charge is 2.19. The van der Waals surface area contributed by atoms with Crippen LogP contribution in [0.1, 0.15) is 23.0 Å². The zero-order chi connectivity index (χ0) is 21.0. The lowest BCUT2D eigenvalue weighted by Gasteiger charge is -2.05. The first-order valence-corrected chi connectivity index (χ1v) is 8.48. The molecule has 1 amide bonds. The number of carbonyl (C=O) groups is 1. The van der Waals surface area contributed by atoms with Crippen molar-refractivity contribution in [3.05, 3.63) is 57.8 Å². The van der Waals surface area contributed by atoms with E-state index < -0.39 is 22.3 Å². The van der Waals surface area contributed by atoms with Crippen LogP contribution in [0.2, 0.25) is 0 Å². The van der Waals surface area contributed by atoms with Gasteiger partial charge in [-0.25, -0.2) is 5.43 Å². The number of aromatic hydroxyl groups is 1. The van der Waals surface area contributed by atoms with Crippen molar-refractivity contribution < 1.29 is 28.7 Å².